The Morgan fingerprint density at radius 1 is 1.33 bits per heavy atom. The summed E-state index contributed by atoms with van der Waals surface area (Å²) in [6.07, 6.45) is 5.03. The van der Waals surface area contributed by atoms with Gasteiger partial charge in [0, 0.05) is 50.8 Å². The van der Waals surface area contributed by atoms with Crippen LogP contribution in [0.1, 0.15) is 47.0 Å². The molecule has 6 nitrogen and oxygen atoms in total. The van der Waals surface area contributed by atoms with Crippen LogP contribution < -0.4 is 0 Å². The number of allylic oxidation sites excluding steroid dienone is 2. The normalized spacial score (nSPS) is 23.1. The van der Waals surface area contributed by atoms with Crippen molar-refractivity contribution in [1.82, 2.24) is 9.96 Å². The molecule has 136 valence electrons. The number of Topliss-reactive ketones (excluding diaryl/α,β-unsaturated/α-hetero) is 1. The molecule has 0 aromatic carbocycles. The first-order valence-electron chi connectivity index (χ1n) is 8.94. The summed E-state index contributed by atoms with van der Waals surface area (Å²) < 4.78 is 5.96. The molecule has 2 rings (SSSR count). The summed E-state index contributed by atoms with van der Waals surface area (Å²) in [5.41, 5.74) is 0.962. The molecule has 0 bridgehead atoms. The lowest BCUT2D eigenvalue weighted by Gasteiger charge is -2.34. The van der Waals surface area contributed by atoms with Gasteiger partial charge in [0.25, 0.3) is 0 Å². The smallest absolute Gasteiger partial charge is 0.196 e. The third-order valence-corrected chi connectivity index (χ3v) is 4.86. The molecular formula is C18H31N3O3. The Bertz CT molecular complexity index is 504. The fourth-order valence-electron chi connectivity index (χ4n) is 2.48. The number of piperazine rings is 1. The first kappa shape index (κ1) is 18.9. The molecule has 1 heterocycles. The van der Waals surface area contributed by atoms with E-state index in [0.29, 0.717) is 38.5 Å². The van der Waals surface area contributed by atoms with Gasteiger partial charge in [-0.25, -0.2) is 0 Å². The summed E-state index contributed by atoms with van der Waals surface area (Å²) >= 11 is 0. The molecule has 1 saturated carbocycles. The largest absolute Gasteiger partial charge is 0.487 e. The Balaban J connectivity index is 2.23. The number of nitrogens with zero attached hydrogens (tertiary/aromatic N) is 3. The molecule has 6 heteroatoms. The van der Waals surface area contributed by atoms with E-state index >= 15 is 0 Å². The number of ketones is 1. The number of carbonyl (C=O) groups excluding carboxylic acids is 1. The van der Waals surface area contributed by atoms with Crippen LogP contribution in [0.25, 0.3) is 0 Å². The van der Waals surface area contributed by atoms with Crippen LogP contribution in [-0.2, 0) is 9.53 Å². The van der Waals surface area contributed by atoms with E-state index in [2.05, 4.69) is 30.7 Å². The number of ether oxygens (including phenoxy) is 1. The highest BCUT2D eigenvalue weighted by Crippen LogP contribution is 2.45. The summed E-state index contributed by atoms with van der Waals surface area (Å²) in [7, 11) is 0. The second-order valence-corrected chi connectivity index (χ2v) is 7.35. The van der Waals surface area contributed by atoms with E-state index in [-0.39, 0.29) is 17.2 Å². The summed E-state index contributed by atoms with van der Waals surface area (Å²) in [6.45, 7) is 10.8. The molecule has 0 spiro atoms. The maximum absolute atomic E-state index is 12.2. The van der Waals surface area contributed by atoms with Gasteiger partial charge < -0.3 is 14.8 Å². The topological polar surface area (TPSA) is 65.4 Å². The van der Waals surface area contributed by atoms with Crippen LogP contribution in [0.4, 0.5) is 0 Å². The lowest BCUT2D eigenvalue weighted by atomic mass is 10.1. The standard InChI is InChI=1S/C18H31N3O3/c1-5-14(2)19-12-16(20-8-10-21(23)11-9-20)17(15(3)22)24-13-18(4)6-7-18/h12,14,23H,5-11,13H2,1-4H3/b17-16-,19-12?. The van der Waals surface area contributed by atoms with Crippen LogP contribution in [0, 0.1) is 5.41 Å². The van der Waals surface area contributed by atoms with E-state index in [0.717, 1.165) is 25.0 Å². The molecule has 0 amide bonds. The van der Waals surface area contributed by atoms with Crippen LogP contribution in [0.15, 0.2) is 16.4 Å². The molecule has 2 aliphatic rings. The number of hydroxylamine groups is 2. The highest BCUT2D eigenvalue weighted by atomic mass is 16.5. The summed E-state index contributed by atoms with van der Waals surface area (Å²) in [5.74, 6) is 0.331. The minimum Gasteiger partial charge on any atom is -0.487 e. The van der Waals surface area contributed by atoms with Gasteiger partial charge in [0.1, 0.15) is 5.70 Å². The Hall–Kier alpha value is -1.40. The van der Waals surface area contributed by atoms with Crippen molar-refractivity contribution < 1.29 is 14.7 Å². The quantitative estimate of drug-likeness (QED) is 0.419. The molecule has 2 fully saturated rings. The van der Waals surface area contributed by atoms with Gasteiger partial charge in [-0.1, -0.05) is 13.8 Å². The summed E-state index contributed by atoms with van der Waals surface area (Å²) in [4.78, 5) is 18.9. The molecule has 0 aromatic rings. The molecular weight excluding hydrogens is 306 g/mol. The fraction of sp³-hybridized carbons (Fsp3) is 0.778. The van der Waals surface area contributed by atoms with Crippen LogP contribution >= 0.6 is 0 Å². The maximum Gasteiger partial charge on any atom is 0.196 e. The van der Waals surface area contributed by atoms with Gasteiger partial charge in [0.15, 0.2) is 11.5 Å². The van der Waals surface area contributed by atoms with Crippen molar-refractivity contribution in [2.24, 2.45) is 10.4 Å². The average Bonchev–Trinajstić information content (AvgIpc) is 3.28. The zero-order chi connectivity index (χ0) is 17.7. The van der Waals surface area contributed by atoms with Crippen LogP contribution in [0.3, 0.4) is 0 Å². The van der Waals surface area contributed by atoms with Gasteiger partial charge in [-0.3, -0.25) is 9.79 Å². The summed E-state index contributed by atoms with van der Waals surface area (Å²) in [6, 6.07) is 0.202. The first-order chi connectivity index (χ1) is 11.3. The predicted octanol–water partition coefficient (Wildman–Crippen LogP) is 2.48. The van der Waals surface area contributed by atoms with Crippen molar-refractivity contribution in [3.05, 3.63) is 11.5 Å². The maximum atomic E-state index is 12.2. The lowest BCUT2D eigenvalue weighted by molar-refractivity contribution is -0.118. The van der Waals surface area contributed by atoms with Gasteiger partial charge in [0.05, 0.1) is 6.61 Å². The van der Waals surface area contributed by atoms with E-state index in [1.54, 1.807) is 13.1 Å². The van der Waals surface area contributed by atoms with E-state index in [9.17, 15) is 10.0 Å². The Labute approximate surface area is 145 Å². The van der Waals surface area contributed by atoms with Crippen molar-refractivity contribution in [1.29, 1.82) is 0 Å². The number of hydrogen-bond acceptors (Lipinski definition) is 6. The Kier molecular flexibility index (Phi) is 6.40. The van der Waals surface area contributed by atoms with E-state index in [1.807, 2.05) is 0 Å². The summed E-state index contributed by atoms with van der Waals surface area (Å²) in [5, 5.41) is 10.9. The van der Waals surface area contributed by atoms with Crippen molar-refractivity contribution in [2.45, 2.75) is 53.0 Å². The zero-order valence-electron chi connectivity index (χ0n) is 15.4. The van der Waals surface area contributed by atoms with Crippen LogP contribution in [0.2, 0.25) is 0 Å². The molecule has 24 heavy (non-hydrogen) atoms. The third kappa shape index (κ3) is 5.31. The molecule has 0 aromatic heterocycles. The molecule has 1 aliphatic heterocycles. The average molecular weight is 337 g/mol. The van der Waals surface area contributed by atoms with Gasteiger partial charge in [0.2, 0.25) is 0 Å². The van der Waals surface area contributed by atoms with Gasteiger partial charge >= 0.3 is 0 Å². The number of aliphatic imine (C=N–C) groups is 1. The van der Waals surface area contributed by atoms with Crippen LogP contribution in [0.5, 0.6) is 0 Å². The molecule has 1 atom stereocenters. The third-order valence-electron chi connectivity index (χ3n) is 4.86. The minimum absolute atomic E-state index is 0.0729. The van der Waals surface area contributed by atoms with Gasteiger partial charge in [-0.2, -0.15) is 5.06 Å². The molecule has 1 N–H and O–H groups in total. The van der Waals surface area contributed by atoms with E-state index in [1.165, 1.54) is 5.06 Å². The van der Waals surface area contributed by atoms with Crippen molar-refractivity contribution >= 4 is 12.0 Å². The molecule has 0 radical (unpaired) electrons. The number of rotatable bonds is 8. The molecule has 1 aliphatic carbocycles. The second kappa shape index (κ2) is 8.12. The molecule has 1 unspecified atom stereocenters. The minimum atomic E-state index is -0.0729. The lowest BCUT2D eigenvalue weighted by Crippen LogP contribution is -2.45. The molecule has 1 saturated heterocycles. The van der Waals surface area contributed by atoms with Crippen molar-refractivity contribution in [2.75, 3.05) is 32.8 Å². The highest BCUT2D eigenvalue weighted by molar-refractivity contribution is 5.97. The number of hydrogen-bond donors (Lipinski definition) is 1. The first-order valence-corrected chi connectivity index (χ1v) is 8.94. The fourth-order valence-corrected chi connectivity index (χ4v) is 2.48. The Morgan fingerprint density at radius 2 is 1.96 bits per heavy atom. The number of carbonyl (C=O) groups is 1. The highest BCUT2D eigenvalue weighted by Gasteiger charge is 2.39. The monoisotopic (exact) mass is 337 g/mol. The van der Waals surface area contributed by atoms with Crippen molar-refractivity contribution in [3.63, 3.8) is 0 Å². The Morgan fingerprint density at radius 3 is 2.46 bits per heavy atom. The zero-order valence-corrected chi connectivity index (χ0v) is 15.4. The van der Waals surface area contributed by atoms with Gasteiger partial charge in [-0.15, -0.1) is 0 Å². The van der Waals surface area contributed by atoms with Crippen LogP contribution in [-0.4, -0.2) is 66.0 Å². The van der Waals surface area contributed by atoms with E-state index < -0.39 is 0 Å². The van der Waals surface area contributed by atoms with E-state index in [4.69, 9.17) is 4.74 Å². The predicted molar refractivity (Wildman–Crippen MR) is 94.2 cm³/mol. The second-order valence-electron chi connectivity index (χ2n) is 7.35. The SMILES string of the molecule is CCC(C)N=C/C(=C(/OCC1(C)CC1)C(C)=O)N1CCN(O)CC1. The van der Waals surface area contributed by atoms with Gasteiger partial charge in [-0.05, 0) is 26.2 Å². The van der Waals surface area contributed by atoms with Crippen molar-refractivity contribution in [3.8, 4) is 0 Å².